The SMILES string of the molecule is COc1ccc(SC(C)C(=O)NCC(C)(C(=O)O)c2ccccc2)cc1. The van der Waals surface area contributed by atoms with Gasteiger partial charge in [0.2, 0.25) is 5.91 Å². The van der Waals surface area contributed by atoms with Crippen LogP contribution in [0.1, 0.15) is 19.4 Å². The molecule has 1 amide bonds. The topological polar surface area (TPSA) is 75.6 Å². The summed E-state index contributed by atoms with van der Waals surface area (Å²) >= 11 is 1.41. The summed E-state index contributed by atoms with van der Waals surface area (Å²) in [6.45, 7) is 3.44. The first kappa shape index (κ1) is 19.8. The lowest BCUT2D eigenvalue weighted by Crippen LogP contribution is -2.46. The monoisotopic (exact) mass is 373 g/mol. The Hall–Kier alpha value is -2.47. The van der Waals surface area contributed by atoms with Crippen molar-refractivity contribution in [3.05, 3.63) is 60.2 Å². The van der Waals surface area contributed by atoms with Gasteiger partial charge in [0.25, 0.3) is 0 Å². The molecule has 26 heavy (non-hydrogen) atoms. The van der Waals surface area contributed by atoms with Gasteiger partial charge >= 0.3 is 5.97 Å². The maximum absolute atomic E-state index is 12.4. The Morgan fingerprint density at radius 2 is 1.77 bits per heavy atom. The van der Waals surface area contributed by atoms with Gasteiger partial charge in [-0.3, -0.25) is 9.59 Å². The van der Waals surface area contributed by atoms with Crippen LogP contribution in [0.3, 0.4) is 0 Å². The molecule has 6 heteroatoms. The maximum atomic E-state index is 12.4. The van der Waals surface area contributed by atoms with E-state index >= 15 is 0 Å². The summed E-state index contributed by atoms with van der Waals surface area (Å²) in [7, 11) is 1.60. The highest BCUT2D eigenvalue weighted by Gasteiger charge is 2.35. The van der Waals surface area contributed by atoms with E-state index < -0.39 is 11.4 Å². The van der Waals surface area contributed by atoms with Crippen LogP contribution in [0.4, 0.5) is 0 Å². The standard InChI is InChI=1S/C20H23NO4S/c1-14(26-17-11-9-16(25-3)10-12-17)18(22)21-13-20(2,19(23)24)15-7-5-4-6-8-15/h4-12,14H,13H2,1-3H3,(H,21,22)(H,23,24). The fraction of sp³-hybridized carbons (Fsp3) is 0.300. The molecule has 0 fully saturated rings. The molecule has 0 aromatic heterocycles. The first-order valence-corrected chi connectivity index (χ1v) is 9.12. The lowest BCUT2D eigenvalue weighted by atomic mass is 9.82. The van der Waals surface area contributed by atoms with Crippen molar-refractivity contribution in [2.24, 2.45) is 0 Å². The van der Waals surface area contributed by atoms with E-state index in [-0.39, 0.29) is 17.7 Å². The number of thioether (sulfide) groups is 1. The molecule has 0 aliphatic rings. The maximum Gasteiger partial charge on any atom is 0.315 e. The number of aliphatic carboxylic acids is 1. The number of ether oxygens (including phenoxy) is 1. The minimum Gasteiger partial charge on any atom is -0.497 e. The van der Waals surface area contributed by atoms with Crippen molar-refractivity contribution >= 4 is 23.6 Å². The molecule has 0 aliphatic heterocycles. The lowest BCUT2D eigenvalue weighted by Gasteiger charge is -2.26. The van der Waals surface area contributed by atoms with E-state index in [1.165, 1.54) is 11.8 Å². The number of rotatable bonds is 8. The van der Waals surface area contributed by atoms with Gasteiger partial charge in [0.15, 0.2) is 0 Å². The molecule has 5 nitrogen and oxygen atoms in total. The number of methoxy groups -OCH3 is 1. The smallest absolute Gasteiger partial charge is 0.315 e. The number of nitrogens with one attached hydrogen (secondary N) is 1. The molecular weight excluding hydrogens is 350 g/mol. The van der Waals surface area contributed by atoms with Gasteiger partial charge in [-0.25, -0.2) is 0 Å². The van der Waals surface area contributed by atoms with E-state index in [2.05, 4.69) is 5.32 Å². The molecular formula is C20H23NO4S. The van der Waals surface area contributed by atoms with E-state index in [0.29, 0.717) is 5.56 Å². The minimum atomic E-state index is -1.18. The molecule has 0 saturated heterocycles. The summed E-state index contributed by atoms with van der Waals surface area (Å²) in [5.74, 6) is -0.416. The van der Waals surface area contributed by atoms with E-state index in [1.807, 2.05) is 30.3 Å². The van der Waals surface area contributed by atoms with Gasteiger partial charge in [-0.1, -0.05) is 30.3 Å². The summed E-state index contributed by atoms with van der Waals surface area (Å²) in [4.78, 5) is 25.2. The number of carboxylic acid groups (broad SMARTS) is 1. The molecule has 2 atom stereocenters. The second kappa shape index (κ2) is 8.76. The number of hydrogen-bond acceptors (Lipinski definition) is 4. The van der Waals surface area contributed by atoms with Gasteiger partial charge < -0.3 is 15.2 Å². The zero-order valence-corrected chi connectivity index (χ0v) is 15.9. The molecule has 2 rings (SSSR count). The van der Waals surface area contributed by atoms with Crippen molar-refractivity contribution in [2.45, 2.75) is 29.4 Å². The van der Waals surface area contributed by atoms with Gasteiger partial charge in [-0.2, -0.15) is 0 Å². The number of hydrogen-bond donors (Lipinski definition) is 2. The molecule has 0 radical (unpaired) electrons. The summed E-state index contributed by atoms with van der Waals surface area (Å²) in [6.07, 6.45) is 0. The molecule has 0 aliphatic carbocycles. The van der Waals surface area contributed by atoms with Crippen molar-refractivity contribution in [3.8, 4) is 5.75 Å². The van der Waals surface area contributed by atoms with E-state index in [0.717, 1.165) is 10.6 Å². The van der Waals surface area contributed by atoms with Crippen LogP contribution in [-0.4, -0.2) is 35.9 Å². The van der Waals surface area contributed by atoms with Crippen LogP contribution < -0.4 is 10.1 Å². The summed E-state index contributed by atoms with van der Waals surface area (Å²) in [5.41, 5.74) is -0.523. The molecule has 2 unspecified atom stereocenters. The van der Waals surface area contributed by atoms with Crippen molar-refractivity contribution in [1.29, 1.82) is 0 Å². The van der Waals surface area contributed by atoms with Gasteiger partial charge in [0.1, 0.15) is 11.2 Å². The van der Waals surface area contributed by atoms with Crippen LogP contribution in [0.2, 0.25) is 0 Å². The molecule has 2 aromatic rings. The summed E-state index contributed by atoms with van der Waals surface area (Å²) < 4.78 is 5.12. The van der Waals surface area contributed by atoms with E-state index in [4.69, 9.17) is 4.74 Å². The van der Waals surface area contributed by atoms with E-state index in [9.17, 15) is 14.7 Å². The average molecular weight is 373 g/mol. The fourth-order valence-electron chi connectivity index (χ4n) is 2.43. The normalized spacial score (nSPS) is 14.1. The molecule has 0 bridgehead atoms. The van der Waals surface area contributed by atoms with Crippen LogP contribution in [0.15, 0.2) is 59.5 Å². The van der Waals surface area contributed by atoms with Gasteiger partial charge in [0, 0.05) is 11.4 Å². The first-order chi connectivity index (χ1) is 12.4. The molecule has 138 valence electrons. The van der Waals surface area contributed by atoms with Crippen molar-refractivity contribution in [3.63, 3.8) is 0 Å². The Kier molecular flexibility index (Phi) is 6.69. The number of carbonyl (C=O) groups is 2. The summed E-state index contributed by atoms with van der Waals surface area (Å²) in [6, 6.07) is 16.4. The molecule has 2 aromatic carbocycles. The Morgan fingerprint density at radius 1 is 1.15 bits per heavy atom. The van der Waals surface area contributed by atoms with Crippen LogP contribution in [0.25, 0.3) is 0 Å². The Morgan fingerprint density at radius 3 is 2.31 bits per heavy atom. The fourth-order valence-corrected chi connectivity index (χ4v) is 3.32. The van der Waals surface area contributed by atoms with Crippen molar-refractivity contribution in [1.82, 2.24) is 5.32 Å². The minimum absolute atomic E-state index is 0.0265. The highest BCUT2D eigenvalue weighted by Crippen LogP contribution is 2.26. The number of carboxylic acids is 1. The first-order valence-electron chi connectivity index (χ1n) is 8.24. The second-order valence-corrected chi connectivity index (χ2v) is 7.57. The highest BCUT2D eigenvalue weighted by molar-refractivity contribution is 8.00. The number of carbonyl (C=O) groups excluding carboxylic acids is 1. The average Bonchev–Trinajstić information content (AvgIpc) is 2.66. The second-order valence-electron chi connectivity index (χ2n) is 6.16. The van der Waals surface area contributed by atoms with Crippen molar-refractivity contribution in [2.75, 3.05) is 13.7 Å². The van der Waals surface area contributed by atoms with Gasteiger partial charge in [-0.15, -0.1) is 11.8 Å². The largest absolute Gasteiger partial charge is 0.497 e. The number of benzene rings is 2. The molecule has 2 N–H and O–H groups in total. The van der Waals surface area contributed by atoms with Crippen LogP contribution in [0.5, 0.6) is 5.75 Å². The Balaban J connectivity index is 1.99. The zero-order chi connectivity index (χ0) is 19.2. The third-order valence-electron chi connectivity index (χ3n) is 4.24. The predicted molar refractivity (Wildman–Crippen MR) is 103 cm³/mol. The molecule has 0 spiro atoms. The zero-order valence-electron chi connectivity index (χ0n) is 15.1. The third kappa shape index (κ3) is 4.79. The summed E-state index contributed by atoms with van der Waals surface area (Å²) in [5, 5.41) is 12.1. The third-order valence-corrected chi connectivity index (χ3v) is 5.35. The Labute approximate surface area is 157 Å². The Bertz CT molecular complexity index is 748. The van der Waals surface area contributed by atoms with Crippen molar-refractivity contribution < 1.29 is 19.4 Å². The molecule has 0 saturated carbocycles. The van der Waals surface area contributed by atoms with E-state index in [1.54, 1.807) is 45.2 Å². The van der Waals surface area contributed by atoms with Crippen LogP contribution in [0, 0.1) is 0 Å². The van der Waals surface area contributed by atoms with Crippen LogP contribution >= 0.6 is 11.8 Å². The highest BCUT2D eigenvalue weighted by atomic mass is 32.2. The van der Waals surface area contributed by atoms with Gasteiger partial charge in [0.05, 0.1) is 12.4 Å². The predicted octanol–water partition coefficient (Wildman–Crippen LogP) is 3.33. The van der Waals surface area contributed by atoms with Gasteiger partial charge in [-0.05, 0) is 43.7 Å². The molecule has 0 heterocycles. The van der Waals surface area contributed by atoms with Crippen LogP contribution in [-0.2, 0) is 15.0 Å². The number of amides is 1. The quantitative estimate of drug-likeness (QED) is 0.694. The lowest BCUT2D eigenvalue weighted by molar-refractivity contribution is -0.143.